The molecular formula is C23H29N5O4. The van der Waals surface area contributed by atoms with E-state index in [4.69, 9.17) is 4.74 Å². The summed E-state index contributed by atoms with van der Waals surface area (Å²) in [6, 6.07) is 5.46. The number of benzene rings is 1. The number of hydrogen-bond donors (Lipinski definition) is 1. The average molecular weight is 440 g/mol. The van der Waals surface area contributed by atoms with Crippen LogP contribution < -0.4 is 10.1 Å². The van der Waals surface area contributed by atoms with Gasteiger partial charge in [-0.15, -0.1) is 0 Å². The predicted molar refractivity (Wildman–Crippen MR) is 118 cm³/mol. The lowest BCUT2D eigenvalue weighted by molar-refractivity contribution is -0.134. The van der Waals surface area contributed by atoms with Gasteiger partial charge in [0.05, 0.1) is 30.3 Å². The molecule has 0 radical (unpaired) electrons. The van der Waals surface area contributed by atoms with Gasteiger partial charge >= 0.3 is 0 Å². The van der Waals surface area contributed by atoms with Crippen LogP contribution in [0.4, 0.5) is 0 Å². The lowest BCUT2D eigenvalue weighted by atomic mass is 9.81. The molecule has 4 rings (SSSR count). The average Bonchev–Trinajstić information content (AvgIpc) is 3.26. The van der Waals surface area contributed by atoms with Crippen molar-refractivity contribution in [1.82, 2.24) is 24.9 Å². The van der Waals surface area contributed by atoms with Crippen molar-refractivity contribution < 1.29 is 19.1 Å². The van der Waals surface area contributed by atoms with Crippen LogP contribution >= 0.6 is 0 Å². The minimum atomic E-state index is -0.851. The highest BCUT2D eigenvalue weighted by Gasteiger charge is 2.53. The Balaban J connectivity index is 1.70. The topological polar surface area (TPSA) is 96.8 Å². The van der Waals surface area contributed by atoms with E-state index in [0.29, 0.717) is 29.7 Å². The standard InChI is InChI=1S/C23H29N5O4/c1-14-18(11-24-27(14)4)21(30)28-12-19(22(31)26(2)3)23(13-28)9-8-15-6-7-16(32-5)10-17(15)20(29)25-23/h6-7,10-11,19H,8-9,12-13H2,1-5H3,(H,25,29)/t19-,23+/m1/s1. The lowest BCUT2D eigenvalue weighted by Gasteiger charge is -2.34. The van der Waals surface area contributed by atoms with Gasteiger partial charge < -0.3 is 19.9 Å². The van der Waals surface area contributed by atoms with Crippen molar-refractivity contribution in [3.63, 3.8) is 0 Å². The molecule has 1 fully saturated rings. The highest BCUT2D eigenvalue weighted by Crippen LogP contribution is 2.37. The summed E-state index contributed by atoms with van der Waals surface area (Å²) in [6.45, 7) is 2.34. The van der Waals surface area contributed by atoms with Gasteiger partial charge in [-0.05, 0) is 37.5 Å². The number of nitrogens with one attached hydrogen (secondary N) is 1. The smallest absolute Gasteiger partial charge is 0.257 e. The van der Waals surface area contributed by atoms with E-state index in [9.17, 15) is 14.4 Å². The van der Waals surface area contributed by atoms with Gasteiger partial charge in [-0.25, -0.2) is 0 Å². The third kappa shape index (κ3) is 3.51. The van der Waals surface area contributed by atoms with E-state index in [1.165, 1.54) is 4.90 Å². The van der Waals surface area contributed by atoms with E-state index in [2.05, 4.69) is 10.4 Å². The maximum Gasteiger partial charge on any atom is 0.257 e. The summed E-state index contributed by atoms with van der Waals surface area (Å²) < 4.78 is 6.94. The summed E-state index contributed by atoms with van der Waals surface area (Å²) in [5.74, 6) is -0.474. The molecule has 32 heavy (non-hydrogen) atoms. The Labute approximate surface area is 187 Å². The number of carbonyl (C=O) groups excluding carboxylic acids is 3. The van der Waals surface area contributed by atoms with Gasteiger partial charge in [0, 0.05) is 45.5 Å². The maximum absolute atomic E-state index is 13.3. The zero-order valence-corrected chi connectivity index (χ0v) is 19.1. The van der Waals surface area contributed by atoms with Crippen LogP contribution in [0.25, 0.3) is 0 Å². The van der Waals surface area contributed by atoms with Gasteiger partial charge in [-0.3, -0.25) is 19.1 Å². The summed E-state index contributed by atoms with van der Waals surface area (Å²) in [5, 5.41) is 7.32. The molecule has 0 aliphatic carbocycles. The Kier molecular flexibility index (Phi) is 5.44. The Bertz CT molecular complexity index is 1090. The zero-order valence-electron chi connectivity index (χ0n) is 19.1. The van der Waals surface area contributed by atoms with E-state index in [1.54, 1.807) is 50.1 Å². The first-order valence-corrected chi connectivity index (χ1v) is 10.7. The number of amides is 3. The number of fused-ring (bicyclic) bond motifs is 1. The zero-order chi connectivity index (χ0) is 23.2. The van der Waals surface area contributed by atoms with Gasteiger partial charge in [0.1, 0.15) is 5.75 Å². The number of methoxy groups -OCH3 is 1. The fourth-order valence-electron chi connectivity index (χ4n) is 4.78. The molecule has 2 aliphatic rings. The molecule has 9 nitrogen and oxygen atoms in total. The summed E-state index contributed by atoms with van der Waals surface area (Å²) in [4.78, 5) is 43.0. The Morgan fingerprint density at radius 3 is 2.69 bits per heavy atom. The third-order valence-electron chi connectivity index (χ3n) is 6.80. The third-order valence-corrected chi connectivity index (χ3v) is 6.80. The molecular weight excluding hydrogens is 410 g/mol. The van der Waals surface area contributed by atoms with E-state index in [1.807, 2.05) is 19.1 Å². The number of likely N-dealkylation sites (tertiary alicyclic amines) is 1. The lowest BCUT2D eigenvalue weighted by Crippen LogP contribution is -2.57. The normalized spacial score (nSPS) is 22.3. The molecule has 3 amide bonds. The van der Waals surface area contributed by atoms with E-state index >= 15 is 0 Å². The highest BCUT2D eigenvalue weighted by molar-refractivity contribution is 5.99. The van der Waals surface area contributed by atoms with Gasteiger partial charge in [-0.1, -0.05) is 6.07 Å². The molecule has 9 heteroatoms. The molecule has 1 saturated heterocycles. The second kappa shape index (κ2) is 7.96. The quantitative estimate of drug-likeness (QED) is 0.770. The first-order chi connectivity index (χ1) is 15.2. The van der Waals surface area contributed by atoms with Crippen molar-refractivity contribution in [1.29, 1.82) is 0 Å². The second-order valence-electron chi connectivity index (χ2n) is 8.87. The number of nitrogens with zero attached hydrogens (tertiary/aromatic N) is 4. The van der Waals surface area contributed by atoms with Crippen LogP contribution in [0.2, 0.25) is 0 Å². The molecule has 3 heterocycles. The first-order valence-electron chi connectivity index (χ1n) is 10.7. The van der Waals surface area contributed by atoms with Crippen LogP contribution in [-0.4, -0.2) is 77.1 Å². The summed E-state index contributed by atoms with van der Waals surface area (Å²) >= 11 is 0. The molecule has 0 saturated carbocycles. The monoisotopic (exact) mass is 439 g/mol. The second-order valence-corrected chi connectivity index (χ2v) is 8.87. The van der Waals surface area contributed by atoms with Crippen LogP contribution in [0.15, 0.2) is 24.4 Å². The van der Waals surface area contributed by atoms with E-state index < -0.39 is 11.5 Å². The van der Waals surface area contributed by atoms with Crippen LogP contribution in [0, 0.1) is 12.8 Å². The SMILES string of the molecule is COc1ccc2c(c1)C(=O)N[C@@]1(CC2)CN(C(=O)c2cnn(C)c2C)C[C@@H]1C(=O)N(C)C. The number of carbonyl (C=O) groups is 3. The van der Waals surface area contributed by atoms with Crippen molar-refractivity contribution in [2.45, 2.75) is 25.3 Å². The Morgan fingerprint density at radius 2 is 2.06 bits per heavy atom. The van der Waals surface area contributed by atoms with Gasteiger partial charge in [0.2, 0.25) is 5.91 Å². The minimum absolute atomic E-state index is 0.105. The van der Waals surface area contributed by atoms with Crippen LogP contribution in [0.3, 0.4) is 0 Å². The number of aromatic nitrogens is 2. The summed E-state index contributed by atoms with van der Waals surface area (Å²) in [6.07, 6.45) is 2.72. The Morgan fingerprint density at radius 1 is 1.31 bits per heavy atom. The maximum atomic E-state index is 13.3. The van der Waals surface area contributed by atoms with Crippen molar-refractivity contribution in [3.8, 4) is 5.75 Å². The summed E-state index contributed by atoms with van der Waals surface area (Å²) in [7, 11) is 6.74. The Hall–Kier alpha value is -3.36. The molecule has 170 valence electrons. The molecule has 2 aliphatic heterocycles. The number of rotatable bonds is 3. The van der Waals surface area contributed by atoms with Gasteiger partial charge in [0.25, 0.3) is 11.8 Å². The highest BCUT2D eigenvalue weighted by atomic mass is 16.5. The molecule has 0 unspecified atom stereocenters. The number of ether oxygens (including phenoxy) is 1. The van der Waals surface area contributed by atoms with Gasteiger partial charge in [0.15, 0.2) is 0 Å². The molecule has 0 bridgehead atoms. The fraction of sp³-hybridized carbons (Fsp3) is 0.478. The van der Waals surface area contributed by atoms with E-state index in [0.717, 1.165) is 11.3 Å². The number of hydrogen-bond acceptors (Lipinski definition) is 5. The minimum Gasteiger partial charge on any atom is -0.497 e. The van der Waals surface area contributed by atoms with Crippen LogP contribution in [-0.2, 0) is 18.3 Å². The summed E-state index contributed by atoms with van der Waals surface area (Å²) in [5.41, 5.74) is 1.87. The molecule has 2 aromatic rings. The van der Waals surface area contributed by atoms with Crippen molar-refractivity contribution in [3.05, 3.63) is 46.8 Å². The molecule has 1 aromatic carbocycles. The van der Waals surface area contributed by atoms with Crippen molar-refractivity contribution in [2.75, 3.05) is 34.3 Å². The van der Waals surface area contributed by atoms with E-state index in [-0.39, 0.29) is 30.8 Å². The molecule has 1 N–H and O–H groups in total. The van der Waals surface area contributed by atoms with Crippen LogP contribution in [0.1, 0.15) is 38.4 Å². The largest absolute Gasteiger partial charge is 0.497 e. The van der Waals surface area contributed by atoms with Crippen LogP contribution in [0.5, 0.6) is 5.75 Å². The molecule has 2 atom stereocenters. The van der Waals surface area contributed by atoms with Crippen molar-refractivity contribution in [2.24, 2.45) is 13.0 Å². The fourth-order valence-corrected chi connectivity index (χ4v) is 4.78. The molecule has 1 aromatic heterocycles. The predicted octanol–water partition coefficient (Wildman–Crippen LogP) is 1.01. The van der Waals surface area contributed by atoms with Gasteiger partial charge in [-0.2, -0.15) is 5.10 Å². The van der Waals surface area contributed by atoms with Crippen molar-refractivity contribution >= 4 is 17.7 Å². The first kappa shape index (κ1) is 21.9. The number of aryl methyl sites for hydroxylation is 2. The molecule has 1 spiro atoms.